The van der Waals surface area contributed by atoms with Gasteiger partial charge >= 0.3 is 5.97 Å². The lowest BCUT2D eigenvalue weighted by atomic mass is 9.81. The number of ether oxygens (including phenoxy) is 1. The summed E-state index contributed by atoms with van der Waals surface area (Å²) in [7, 11) is 0. The second-order valence-electron chi connectivity index (χ2n) is 6.77. The van der Waals surface area contributed by atoms with Gasteiger partial charge in [-0.3, -0.25) is 19.3 Å². The summed E-state index contributed by atoms with van der Waals surface area (Å²) in [4.78, 5) is 38.2. The first-order chi connectivity index (χ1) is 11.5. The second-order valence-corrected chi connectivity index (χ2v) is 6.77. The topological polar surface area (TPSA) is 63.7 Å². The minimum Gasteiger partial charge on any atom is -0.426 e. The number of nitrogens with zero attached hydrogens (tertiary/aromatic N) is 1. The third kappa shape index (κ3) is 3.07. The quantitative estimate of drug-likeness (QED) is 0.484. The summed E-state index contributed by atoms with van der Waals surface area (Å²) < 4.78 is 5.44. The van der Waals surface area contributed by atoms with E-state index in [9.17, 15) is 14.4 Å². The van der Waals surface area contributed by atoms with Gasteiger partial charge in [0.05, 0.1) is 18.3 Å². The Labute approximate surface area is 142 Å². The molecule has 0 bridgehead atoms. The lowest BCUT2D eigenvalue weighted by molar-refractivity contribution is -0.141. The van der Waals surface area contributed by atoms with Crippen molar-refractivity contribution in [2.75, 3.05) is 6.54 Å². The molecule has 1 aliphatic carbocycles. The van der Waals surface area contributed by atoms with Crippen LogP contribution in [-0.4, -0.2) is 29.2 Å². The molecule has 1 saturated carbocycles. The largest absolute Gasteiger partial charge is 0.426 e. The Bertz CT molecular complexity index is 638. The minimum atomic E-state index is -0.414. The van der Waals surface area contributed by atoms with Gasteiger partial charge in [-0.1, -0.05) is 31.0 Å². The Morgan fingerprint density at radius 2 is 1.62 bits per heavy atom. The normalized spacial score (nSPS) is 23.3. The molecular formula is C19H23NO4. The molecule has 2 atom stereocenters. The molecule has 5 heteroatoms. The van der Waals surface area contributed by atoms with Crippen LogP contribution in [0.5, 0.6) is 5.75 Å². The number of benzene rings is 1. The molecule has 0 spiro atoms. The van der Waals surface area contributed by atoms with E-state index >= 15 is 0 Å². The van der Waals surface area contributed by atoms with Crippen LogP contribution in [0.4, 0.5) is 0 Å². The number of rotatable bonds is 4. The molecule has 1 aromatic rings. The molecule has 2 aliphatic rings. The van der Waals surface area contributed by atoms with Crippen LogP contribution in [0.2, 0.25) is 0 Å². The average Bonchev–Trinajstić information content (AvgIpc) is 2.81. The van der Waals surface area contributed by atoms with Crippen LogP contribution in [-0.2, 0) is 14.4 Å². The molecule has 0 radical (unpaired) electrons. The van der Waals surface area contributed by atoms with Crippen molar-refractivity contribution in [3.63, 3.8) is 0 Å². The number of hydrogen-bond donors (Lipinski definition) is 0. The van der Waals surface area contributed by atoms with Crippen LogP contribution >= 0.6 is 0 Å². The third-order valence-corrected chi connectivity index (χ3v) is 5.10. The highest BCUT2D eigenvalue weighted by Crippen LogP contribution is 2.38. The van der Waals surface area contributed by atoms with Crippen molar-refractivity contribution < 1.29 is 19.1 Å². The smallest absolute Gasteiger partial charge is 0.313 e. The lowest BCUT2D eigenvalue weighted by Gasteiger charge is -2.19. The van der Waals surface area contributed by atoms with Gasteiger partial charge in [-0.2, -0.15) is 0 Å². The number of para-hydroxylation sites is 1. The number of aryl methyl sites for hydroxylation is 2. The molecule has 1 saturated heterocycles. The van der Waals surface area contributed by atoms with E-state index in [0.29, 0.717) is 5.75 Å². The van der Waals surface area contributed by atoms with Crippen molar-refractivity contribution in [2.24, 2.45) is 11.8 Å². The maximum atomic E-state index is 12.4. The van der Waals surface area contributed by atoms with Crippen molar-refractivity contribution in [2.45, 2.75) is 46.0 Å². The van der Waals surface area contributed by atoms with E-state index in [0.717, 1.165) is 36.8 Å². The molecule has 0 unspecified atom stereocenters. The van der Waals surface area contributed by atoms with Crippen LogP contribution in [0.25, 0.3) is 0 Å². The zero-order chi connectivity index (χ0) is 17.3. The number of imide groups is 1. The Morgan fingerprint density at radius 1 is 1.08 bits per heavy atom. The number of carbonyl (C=O) groups excluding carboxylic acids is 3. The van der Waals surface area contributed by atoms with Crippen molar-refractivity contribution in [1.82, 2.24) is 4.90 Å². The molecule has 1 aliphatic heterocycles. The summed E-state index contributed by atoms with van der Waals surface area (Å²) >= 11 is 0. The van der Waals surface area contributed by atoms with Gasteiger partial charge in [0.15, 0.2) is 0 Å². The minimum absolute atomic E-state index is 0.0324. The summed E-state index contributed by atoms with van der Waals surface area (Å²) in [5, 5.41) is 0. The number of amides is 2. The summed E-state index contributed by atoms with van der Waals surface area (Å²) in [6, 6.07) is 5.67. The summed E-state index contributed by atoms with van der Waals surface area (Å²) in [6.45, 7) is 3.89. The van der Waals surface area contributed by atoms with E-state index in [2.05, 4.69) is 0 Å². The molecule has 0 N–H and O–H groups in total. The number of likely N-dealkylation sites (tertiary alicyclic amines) is 1. The number of fused-ring (bicyclic) bond motifs is 1. The highest BCUT2D eigenvalue weighted by atomic mass is 16.5. The molecule has 128 valence electrons. The van der Waals surface area contributed by atoms with Crippen molar-refractivity contribution in [1.29, 1.82) is 0 Å². The Morgan fingerprint density at radius 3 is 2.17 bits per heavy atom. The number of esters is 1. The van der Waals surface area contributed by atoms with E-state index in [1.807, 2.05) is 32.0 Å². The van der Waals surface area contributed by atoms with E-state index in [1.54, 1.807) is 0 Å². The first-order valence-corrected chi connectivity index (χ1v) is 8.61. The number of hydrogen-bond acceptors (Lipinski definition) is 4. The number of carbonyl (C=O) groups is 3. The standard InChI is InChI=1S/C19H23NO4/c1-12-6-5-7-13(2)17(12)24-16(21)10-11-20-18(22)14-8-3-4-9-15(14)19(20)23/h5-7,14-15H,3-4,8-11H2,1-2H3/t14-,15+. The third-order valence-electron chi connectivity index (χ3n) is 5.10. The lowest BCUT2D eigenvalue weighted by Crippen LogP contribution is -2.33. The fourth-order valence-electron chi connectivity index (χ4n) is 3.78. The molecule has 3 rings (SSSR count). The van der Waals surface area contributed by atoms with E-state index in [-0.39, 0.29) is 36.6 Å². The molecule has 2 amide bonds. The monoisotopic (exact) mass is 329 g/mol. The van der Waals surface area contributed by atoms with Gasteiger partial charge in [-0.25, -0.2) is 0 Å². The maximum absolute atomic E-state index is 12.4. The van der Waals surface area contributed by atoms with Gasteiger partial charge in [0.1, 0.15) is 5.75 Å². The van der Waals surface area contributed by atoms with E-state index < -0.39 is 5.97 Å². The van der Waals surface area contributed by atoms with E-state index in [4.69, 9.17) is 4.74 Å². The van der Waals surface area contributed by atoms with Gasteiger partial charge in [0, 0.05) is 6.54 Å². The van der Waals surface area contributed by atoms with Crippen LogP contribution < -0.4 is 4.74 Å². The summed E-state index contributed by atoms with van der Waals surface area (Å²) in [5.41, 5.74) is 1.78. The van der Waals surface area contributed by atoms with Gasteiger partial charge in [-0.05, 0) is 37.8 Å². The van der Waals surface area contributed by atoms with Gasteiger partial charge in [0.25, 0.3) is 0 Å². The zero-order valence-corrected chi connectivity index (χ0v) is 14.2. The van der Waals surface area contributed by atoms with Gasteiger partial charge in [-0.15, -0.1) is 0 Å². The van der Waals surface area contributed by atoms with Crippen LogP contribution in [0.3, 0.4) is 0 Å². The van der Waals surface area contributed by atoms with E-state index in [1.165, 1.54) is 4.90 Å². The predicted molar refractivity (Wildman–Crippen MR) is 88.3 cm³/mol. The van der Waals surface area contributed by atoms with Crippen molar-refractivity contribution >= 4 is 17.8 Å². The van der Waals surface area contributed by atoms with Gasteiger partial charge < -0.3 is 4.74 Å². The van der Waals surface area contributed by atoms with Crippen LogP contribution in [0.1, 0.15) is 43.2 Å². The first kappa shape index (κ1) is 16.7. The highest BCUT2D eigenvalue weighted by Gasteiger charge is 2.47. The van der Waals surface area contributed by atoms with Gasteiger partial charge in [0.2, 0.25) is 11.8 Å². The molecule has 5 nitrogen and oxygen atoms in total. The van der Waals surface area contributed by atoms with Crippen LogP contribution in [0, 0.1) is 25.7 Å². The maximum Gasteiger partial charge on any atom is 0.313 e. The molecule has 2 fully saturated rings. The zero-order valence-electron chi connectivity index (χ0n) is 14.2. The Hall–Kier alpha value is -2.17. The molecule has 1 aromatic carbocycles. The SMILES string of the molecule is Cc1cccc(C)c1OC(=O)CCN1C(=O)[C@H]2CCCC[C@H]2C1=O. The predicted octanol–water partition coefficient (Wildman–Crippen LogP) is 2.77. The Balaban J connectivity index is 1.60. The fourth-order valence-corrected chi connectivity index (χ4v) is 3.78. The first-order valence-electron chi connectivity index (χ1n) is 8.61. The molecule has 1 heterocycles. The highest BCUT2D eigenvalue weighted by molar-refractivity contribution is 6.05. The second kappa shape index (κ2) is 6.75. The molecule has 24 heavy (non-hydrogen) atoms. The molecule has 0 aromatic heterocycles. The fraction of sp³-hybridized carbons (Fsp3) is 0.526. The summed E-state index contributed by atoms with van der Waals surface area (Å²) in [5.74, 6) is -0.394. The van der Waals surface area contributed by atoms with Crippen molar-refractivity contribution in [3.8, 4) is 5.75 Å². The Kier molecular flexibility index (Phi) is 4.69. The van der Waals surface area contributed by atoms with Crippen molar-refractivity contribution in [3.05, 3.63) is 29.3 Å². The molecular weight excluding hydrogens is 306 g/mol. The summed E-state index contributed by atoms with van der Waals surface area (Å²) in [6.07, 6.45) is 3.62. The van der Waals surface area contributed by atoms with Crippen LogP contribution in [0.15, 0.2) is 18.2 Å². The average molecular weight is 329 g/mol.